The fraction of sp³-hybridized carbons (Fsp3) is 0.625. The number of hydrogen-bond donors (Lipinski definition) is 0. The van der Waals surface area contributed by atoms with E-state index in [-0.39, 0.29) is 0 Å². The number of unbranched alkanes of at least 4 members (excludes halogenated alkanes) is 1. The first-order valence-corrected chi connectivity index (χ1v) is 8.54. The Labute approximate surface area is 135 Å². The number of alkyl halides is 1. The summed E-state index contributed by atoms with van der Waals surface area (Å²) in [6, 6.07) is 3.88. The first kappa shape index (κ1) is 17.6. The van der Waals surface area contributed by atoms with Crippen molar-refractivity contribution in [3.05, 3.63) is 22.2 Å². The number of methoxy groups -OCH3 is 1. The molecule has 0 amide bonds. The average molecular weight is 364 g/mol. The van der Waals surface area contributed by atoms with Crippen LogP contribution in [-0.2, 0) is 5.88 Å². The summed E-state index contributed by atoms with van der Waals surface area (Å²) in [5.74, 6) is 2.66. The molecule has 1 aromatic carbocycles. The molecule has 1 rings (SSSR count). The van der Waals surface area contributed by atoms with Gasteiger partial charge in [-0.05, 0) is 40.4 Å². The van der Waals surface area contributed by atoms with Crippen molar-refractivity contribution >= 4 is 27.5 Å². The molecule has 0 aliphatic heterocycles. The largest absolute Gasteiger partial charge is 0.496 e. The van der Waals surface area contributed by atoms with Gasteiger partial charge in [0, 0.05) is 5.56 Å². The minimum Gasteiger partial charge on any atom is -0.496 e. The van der Waals surface area contributed by atoms with Crippen LogP contribution in [0.1, 0.15) is 45.1 Å². The quantitative estimate of drug-likeness (QED) is 0.517. The fourth-order valence-electron chi connectivity index (χ4n) is 2.09. The van der Waals surface area contributed by atoms with Crippen LogP contribution in [0.15, 0.2) is 16.6 Å². The minimum absolute atomic E-state index is 0.417. The lowest BCUT2D eigenvalue weighted by Gasteiger charge is -2.17. The molecule has 0 N–H and O–H groups in total. The highest BCUT2D eigenvalue weighted by atomic mass is 79.9. The van der Waals surface area contributed by atoms with Crippen LogP contribution >= 0.6 is 27.5 Å². The van der Waals surface area contributed by atoms with Gasteiger partial charge in [-0.3, -0.25) is 0 Å². The molecule has 20 heavy (non-hydrogen) atoms. The molecule has 0 saturated carbocycles. The van der Waals surface area contributed by atoms with Gasteiger partial charge >= 0.3 is 0 Å². The van der Waals surface area contributed by atoms with Crippen LogP contribution in [0, 0.1) is 5.92 Å². The van der Waals surface area contributed by atoms with E-state index in [0.717, 1.165) is 34.6 Å². The Kier molecular flexibility index (Phi) is 8.39. The number of rotatable bonds is 9. The van der Waals surface area contributed by atoms with Gasteiger partial charge in [-0.1, -0.05) is 33.1 Å². The molecular formula is C16H24BrClO2. The van der Waals surface area contributed by atoms with Crippen molar-refractivity contribution in [2.45, 2.75) is 45.4 Å². The summed E-state index contributed by atoms with van der Waals surface area (Å²) in [5, 5.41) is 0. The lowest BCUT2D eigenvalue weighted by atomic mass is 10.0. The number of hydrogen-bond acceptors (Lipinski definition) is 2. The standard InChI is InChI=1S/C16H24BrClO2/c1-4-6-7-12(5-2)11-20-16-8-13(10-18)15(19-3)9-14(16)17/h8-9,12H,4-7,10-11H2,1-3H3. The molecule has 0 saturated heterocycles. The third-order valence-electron chi connectivity index (χ3n) is 3.50. The van der Waals surface area contributed by atoms with Crippen molar-refractivity contribution < 1.29 is 9.47 Å². The highest BCUT2D eigenvalue weighted by Gasteiger charge is 2.12. The predicted octanol–water partition coefficient (Wildman–Crippen LogP) is 5.79. The van der Waals surface area contributed by atoms with Gasteiger partial charge in [0.25, 0.3) is 0 Å². The Morgan fingerprint density at radius 3 is 2.55 bits per heavy atom. The summed E-state index contributed by atoms with van der Waals surface area (Å²) in [4.78, 5) is 0. The van der Waals surface area contributed by atoms with E-state index in [9.17, 15) is 0 Å². The topological polar surface area (TPSA) is 18.5 Å². The summed E-state index contributed by atoms with van der Waals surface area (Å²) in [6.07, 6.45) is 4.87. The summed E-state index contributed by atoms with van der Waals surface area (Å²) >= 11 is 9.47. The second kappa shape index (κ2) is 9.51. The normalized spacial score (nSPS) is 12.2. The van der Waals surface area contributed by atoms with Gasteiger partial charge in [0.05, 0.1) is 24.1 Å². The maximum atomic E-state index is 5.97. The Morgan fingerprint density at radius 1 is 1.25 bits per heavy atom. The number of benzene rings is 1. The highest BCUT2D eigenvalue weighted by molar-refractivity contribution is 9.10. The van der Waals surface area contributed by atoms with Crippen LogP contribution in [0.25, 0.3) is 0 Å². The molecule has 0 fully saturated rings. The smallest absolute Gasteiger partial charge is 0.134 e. The van der Waals surface area contributed by atoms with Crippen LogP contribution in [0.3, 0.4) is 0 Å². The maximum absolute atomic E-state index is 5.97. The van der Waals surface area contributed by atoms with Crippen LogP contribution in [0.2, 0.25) is 0 Å². The molecule has 0 aliphatic carbocycles. The van der Waals surface area contributed by atoms with Crippen molar-refractivity contribution in [3.63, 3.8) is 0 Å². The lowest BCUT2D eigenvalue weighted by molar-refractivity contribution is 0.231. The van der Waals surface area contributed by atoms with Crippen LogP contribution in [-0.4, -0.2) is 13.7 Å². The monoisotopic (exact) mass is 362 g/mol. The van der Waals surface area contributed by atoms with Crippen molar-refractivity contribution in [1.82, 2.24) is 0 Å². The first-order valence-electron chi connectivity index (χ1n) is 7.21. The van der Waals surface area contributed by atoms with Gasteiger partial charge in [-0.15, -0.1) is 11.6 Å². The average Bonchev–Trinajstić information content (AvgIpc) is 2.48. The molecule has 114 valence electrons. The molecule has 0 bridgehead atoms. The number of ether oxygens (including phenoxy) is 2. The molecule has 0 heterocycles. The second-order valence-corrected chi connectivity index (χ2v) is 6.08. The van der Waals surface area contributed by atoms with Crippen molar-refractivity contribution in [1.29, 1.82) is 0 Å². The minimum atomic E-state index is 0.417. The Morgan fingerprint density at radius 2 is 2.00 bits per heavy atom. The predicted molar refractivity (Wildman–Crippen MR) is 89.1 cm³/mol. The molecule has 0 spiro atoms. The molecule has 1 atom stereocenters. The summed E-state index contributed by atoms with van der Waals surface area (Å²) in [6.45, 7) is 5.19. The van der Waals surface area contributed by atoms with Gasteiger partial charge in [0.15, 0.2) is 0 Å². The highest BCUT2D eigenvalue weighted by Crippen LogP contribution is 2.34. The zero-order chi connectivity index (χ0) is 15.0. The zero-order valence-corrected chi connectivity index (χ0v) is 14.9. The SMILES string of the molecule is CCCCC(CC)COc1cc(CCl)c(OC)cc1Br. The van der Waals surface area contributed by atoms with Gasteiger partial charge in [-0.25, -0.2) is 0 Å². The van der Waals surface area contributed by atoms with Crippen molar-refractivity contribution in [3.8, 4) is 11.5 Å². The van der Waals surface area contributed by atoms with E-state index in [0.29, 0.717) is 11.8 Å². The van der Waals surface area contributed by atoms with Crippen LogP contribution in [0.4, 0.5) is 0 Å². The van der Waals surface area contributed by atoms with E-state index >= 15 is 0 Å². The Hall–Kier alpha value is -0.410. The number of halogens is 2. The van der Waals surface area contributed by atoms with Gasteiger partial charge < -0.3 is 9.47 Å². The van der Waals surface area contributed by atoms with Crippen LogP contribution in [0.5, 0.6) is 11.5 Å². The lowest BCUT2D eigenvalue weighted by Crippen LogP contribution is -2.11. The fourth-order valence-corrected chi connectivity index (χ4v) is 2.73. The summed E-state index contributed by atoms with van der Waals surface area (Å²) in [5.41, 5.74) is 0.953. The molecule has 2 nitrogen and oxygen atoms in total. The third kappa shape index (κ3) is 5.17. The molecule has 4 heteroatoms. The van der Waals surface area contributed by atoms with E-state index < -0.39 is 0 Å². The Balaban J connectivity index is 2.71. The Bertz CT molecular complexity index is 410. The van der Waals surface area contributed by atoms with E-state index in [2.05, 4.69) is 29.8 Å². The van der Waals surface area contributed by atoms with Crippen molar-refractivity contribution in [2.75, 3.05) is 13.7 Å². The zero-order valence-electron chi connectivity index (χ0n) is 12.5. The van der Waals surface area contributed by atoms with E-state index in [4.69, 9.17) is 21.1 Å². The first-order chi connectivity index (χ1) is 9.65. The summed E-state index contributed by atoms with van der Waals surface area (Å²) in [7, 11) is 1.65. The molecular weight excluding hydrogens is 340 g/mol. The molecule has 0 aliphatic rings. The molecule has 1 unspecified atom stereocenters. The van der Waals surface area contributed by atoms with Gasteiger partial charge in [0.2, 0.25) is 0 Å². The molecule has 0 radical (unpaired) electrons. The second-order valence-electron chi connectivity index (χ2n) is 4.96. The van der Waals surface area contributed by atoms with E-state index in [1.807, 2.05) is 12.1 Å². The van der Waals surface area contributed by atoms with Crippen molar-refractivity contribution in [2.24, 2.45) is 5.92 Å². The summed E-state index contributed by atoms with van der Waals surface area (Å²) < 4.78 is 12.2. The molecule has 0 aromatic heterocycles. The van der Waals surface area contributed by atoms with Crippen LogP contribution < -0.4 is 9.47 Å². The van der Waals surface area contributed by atoms with E-state index in [1.165, 1.54) is 19.3 Å². The molecule has 1 aromatic rings. The van der Waals surface area contributed by atoms with E-state index in [1.54, 1.807) is 7.11 Å². The van der Waals surface area contributed by atoms with Gasteiger partial charge in [0.1, 0.15) is 11.5 Å². The van der Waals surface area contributed by atoms with Gasteiger partial charge in [-0.2, -0.15) is 0 Å². The maximum Gasteiger partial charge on any atom is 0.134 e. The third-order valence-corrected chi connectivity index (χ3v) is 4.40.